The number of aldehydes is 1. The van der Waals surface area contributed by atoms with Crippen molar-refractivity contribution >= 4 is 23.5 Å². The molecule has 0 aliphatic carbocycles. The van der Waals surface area contributed by atoms with E-state index in [1.54, 1.807) is 6.07 Å². The van der Waals surface area contributed by atoms with Gasteiger partial charge in [0.25, 0.3) is 0 Å². The van der Waals surface area contributed by atoms with Gasteiger partial charge in [-0.2, -0.15) is 0 Å². The maximum absolute atomic E-state index is 14.3. The number of rotatable bonds is 5. The van der Waals surface area contributed by atoms with Gasteiger partial charge in [-0.25, -0.2) is 4.39 Å². The Labute approximate surface area is 163 Å². The van der Waals surface area contributed by atoms with Crippen molar-refractivity contribution in [1.82, 2.24) is 4.90 Å². The number of aliphatic hydroxyl groups is 1. The molecule has 0 bridgehead atoms. The molecule has 2 saturated heterocycles. The van der Waals surface area contributed by atoms with Gasteiger partial charge in [-0.3, -0.25) is 19.5 Å². The van der Waals surface area contributed by atoms with Gasteiger partial charge in [0.05, 0.1) is 30.1 Å². The second-order valence-electron chi connectivity index (χ2n) is 8.05. The summed E-state index contributed by atoms with van der Waals surface area (Å²) in [6, 6.07) is 2.75. The van der Waals surface area contributed by atoms with E-state index in [-0.39, 0.29) is 29.9 Å². The second-order valence-corrected chi connectivity index (χ2v) is 8.05. The Hall–Kier alpha value is -2.12. The van der Waals surface area contributed by atoms with Crippen LogP contribution in [0, 0.1) is 17.7 Å². The van der Waals surface area contributed by atoms with Gasteiger partial charge in [0.2, 0.25) is 0 Å². The third-order valence-corrected chi connectivity index (χ3v) is 6.67. The van der Waals surface area contributed by atoms with E-state index in [9.17, 15) is 19.1 Å². The van der Waals surface area contributed by atoms with Crippen LogP contribution in [0.4, 0.5) is 10.1 Å². The average Bonchev–Trinajstić information content (AvgIpc) is 3.00. The molecule has 3 aliphatic heterocycles. The summed E-state index contributed by atoms with van der Waals surface area (Å²) >= 11 is 0. The normalized spacial score (nSPS) is 31.4. The van der Waals surface area contributed by atoms with Crippen molar-refractivity contribution in [2.75, 3.05) is 20.2 Å². The molecule has 0 unspecified atom stereocenters. The van der Waals surface area contributed by atoms with Gasteiger partial charge in [-0.05, 0) is 36.8 Å². The van der Waals surface area contributed by atoms with Crippen LogP contribution in [0.1, 0.15) is 38.2 Å². The van der Waals surface area contributed by atoms with Gasteiger partial charge in [0, 0.05) is 19.5 Å². The number of fused-ring (bicyclic) bond motifs is 5. The van der Waals surface area contributed by atoms with E-state index in [0.29, 0.717) is 48.6 Å². The largest absolute Gasteiger partial charge is 0.493 e. The third kappa shape index (κ3) is 2.79. The lowest BCUT2D eigenvalue weighted by Gasteiger charge is -2.50. The molecule has 7 heteroatoms. The molecule has 6 nitrogen and oxygen atoms in total. The Kier molecular flexibility index (Phi) is 4.83. The SMILES string of the molecule is CC[C@@H]1CN2CC[C@@]3(O)C(=Nc4ccc(F)c(OC)c43)[C@H]2C[C@@H]1CC(=O)C=O. The van der Waals surface area contributed by atoms with Crippen molar-refractivity contribution in [1.29, 1.82) is 0 Å². The smallest absolute Gasteiger partial charge is 0.195 e. The lowest BCUT2D eigenvalue weighted by atomic mass is 9.71. The second kappa shape index (κ2) is 7.04. The minimum absolute atomic E-state index is 0.0436. The van der Waals surface area contributed by atoms with Crippen molar-refractivity contribution in [2.45, 2.75) is 44.2 Å². The Morgan fingerprint density at radius 3 is 2.93 bits per heavy atom. The summed E-state index contributed by atoms with van der Waals surface area (Å²) in [4.78, 5) is 29.6. The van der Waals surface area contributed by atoms with Crippen molar-refractivity contribution in [2.24, 2.45) is 16.8 Å². The zero-order valence-corrected chi connectivity index (χ0v) is 16.2. The van der Waals surface area contributed by atoms with E-state index in [1.165, 1.54) is 13.2 Å². The number of hydrogen-bond acceptors (Lipinski definition) is 6. The number of benzene rings is 1. The van der Waals surface area contributed by atoms with Crippen LogP contribution in [-0.2, 0) is 15.2 Å². The van der Waals surface area contributed by atoms with Gasteiger partial charge < -0.3 is 9.84 Å². The molecule has 2 fully saturated rings. The fourth-order valence-electron chi connectivity index (χ4n) is 5.25. The number of carbonyl (C=O) groups is 2. The summed E-state index contributed by atoms with van der Waals surface area (Å²) in [5.41, 5.74) is 0.191. The molecule has 0 saturated carbocycles. The van der Waals surface area contributed by atoms with Crippen LogP contribution in [0.25, 0.3) is 0 Å². The van der Waals surface area contributed by atoms with E-state index >= 15 is 0 Å². The van der Waals surface area contributed by atoms with Crippen molar-refractivity contribution in [3.8, 4) is 5.75 Å². The number of methoxy groups -OCH3 is 1. The first-order chi connectivity index (χ1) is 13.4. The standard InChI is InChI=1S/C21H25FN2O4/c1-3-12-10-24-7-6-21(27)18-16(5-4-15(22)19(18)28-2)23-20(21)17(24)9-13(12)8-14(26)11-25/h4-5,11-13,17,27H,3,6-10H2,1-2H3/t12-,13+,17-,21+/m1/s1. The summed E-state index contributed by atoms with van der Waals surface area (Å²) in [6.07, 6.45) is 2.62. The third-order valence-electron chi connectivity index (χ3n) is 6.67. The van der Waals surface area contributed by atoms with E-state index < -0.39 is 11.4 Å². The van der Waals surface area contributed by atoms with Crippen LogP contribution in [0.15, 0.2) is 17.1 Å². The van der Waals surface area contributed by atoms with E-state index in [0.717, 1.165) is 13.0 Å². The number of piperidine rings is 2. The first-order valence-electron chi connectivity index (χ1n) is 9.83. The van der Waals surface area contributed by atoms with Crippen molar-refractivity contribution in [3.05, 3.63) is 23.5 Å². The molecule has 28 heavy (non-hydrogen) atoms. The van der Waals surface area contributed by atoms with Gasteiger partial charge in [0.1, 0.15) is 5.60 Å². The van der Waals surface area contributed by atoms with Gasteiger partial charge in [0.15, 0.2) is 23.6 Å². The number of hydrogen-bond donors (Lipinski definition) is 1. The zero-order valence-electron chi connectivity index (χ0n) is 16.2. The fraction of sp³-hybridized carbons (Fsp3) is 0.571. The molecule has 1 aromatic carbocycles. The van der Waals surface area contributed by atoms with Crippen LogP contribution >= 0.6 is 0 Å². The highest BCUT2D eigenvalue weighted by Crippen LogP contribution is 2.51. The Morgan fingerprint density at radius 2 is 2.25 bits per heavy atom. The average molecular weight is 388 g/mol. The van der Waals surface area contributed by atoms with E-state index in [1.807, 2.05) is 0 Å². The number of ketones is 1. The van der Waals surface area contributed by atoms with Crippen LogP contribution in [-0.4, -0.2) is 54.0 Å². The molecule has 0 aromatic heterocycles. The van der Waals surface area contributed by atoms with Gasteiger partial charge >= 0.3 is 0 Å². The van der Waals surface area contributed by atoms with Crippen LogP contribution in [0.5, 0.6) is 5.75 Å². The molecule has 4 atom stereocenters. The Bertz CT molecular complexity index is 855. The highest BCUT2D eigenvalue weighted by Gasteiger charge is 2.54. The molecule has 1 aromatic rings. The topological polar surface area (TPSA) is 79.2 Å². The van der Waals surface area contributed by atoms with E-state index in [2.05, 4.69) is 16.8 Å². The minimum Gasteiger partial charge on any atom is -0.493 e. The van der Waals surface area contributed by atoms with Gasteiger partial charge in [-0.15, -0.1) is 0 Å². The molecule has 0 amide bonds. The summed E-state index contributed by atoms with van der Waals surface area (Å²) in [5.74, 6) is -0.470. The van der Waals surface area contributed by atoms with Crippen molar-refractivity contribution < 1.29 is 23.8 Å². The number of Topliss-reactive ketones (excluding diaryl/α,β-unsaturated/α-hetero) is 1. The summed E-state index contributed by atoms with van der Waals surface area (Å²) in [6.45, 7) is 3.55. The molecule has 1 N–H and O–H groups in total. The molecule has 3 aliphatic rings. The minimum atomic E-state index is -1.36. The quantitative estimate of drug-likeness (QED) is 0.619. The number of carbonyl (C=O) groups excluding carboxylic acids is 2. The molecule has 4 rings (SSSR count). The molecular weight excluding hydrogens is 363 g/mol. The monoisotopic (exact) mass is 388 g/mol. The fourth-order valence-corrected chi connectivity index (χ4v) is 5.25. The summed E-state index contributed by atoms with van der Waals surface area (Å²) in [5, 5.41) is 11.5. The van der Waals surface area contributed by atoms with Crippen LogP contribution in [0.3, 0.4) is 0 Å². The highest BCUT2D eigenvalue weighted by molar-refractivity contribution is 6.25. The first kappa shape index (κ1) is 19.2. The van der Waals surface area contributed by atoms with Gasteiger partial charge in [-0.1, -0.05) is 13.3 Å². The number of halogens is 1. The molecule has 0 radical (unpaired) electrons. The lowest BCUT2D eigenvalue weighted by Crippen LogP contribution is -2.60. The maximum atomic E-state index is 14.3. The lowest BCUT2D eigenvalue weighted by molar-refractivity contribution is -0.131. The van der Waals surface area contributed by atoms with Crippen LogP contribution in [0.2, 0.25) is 0 Å². The Balaban J connectivity index is 1.70. The predicted octanol–water partition coefficient (Wildman–Crippen LogP) is 2.39. The Morgan fingerprint density at radius 1 is 1.46 bits per heavy atom. The predicted molar refractivity (Wildman–Crippen MR) is 101 cm³/mol. The number of aliphatic imine (C=N–C) groups is 1. The summed E-state index contributed by atoms with van der Waals surface area (Å²) < 4.78 is 19.5. The highest BCUT2D eigenvalue weighted by atomic mass is 19.1. The van der Waals surface area contributed by atoms with E-state index in [4.69, 9.17) is 4.74 Å². The maximum Gasteiger partial charge on any atom is 0.195 e. The molecule has 150 valence electrons. The molecule has 0 spiro atoms. The molecular formula is C21H25FN2O4. The number of ether oxygens (including phenoxy) is 1. The summed E-state index contributed by atoms with van der Waals surface area (Å²) in [7, 11) is 1.39. The van der Waals surface area contributed by atoms with Crippen LogP contribution < -0.4 is 4.74 Å². The van der Waals surface area contributed by atoms with Crippen molar-refractivity contribution in [3.63, 3.8) is 0 Å². The first-order valence-corrected chi connectivity index (χ1v) is 9.83. The number of nitrogens with zero attached hydrogens (tertiary/aromatic N) is 2. The zero-order chi connectivity index (χ0) is 20.1. The molecule has 3 heterocycles.